The Hall–Kier alpha value is -3.94. The Bertz CT molecular complexity index is 1040. The Morgan fingerprint density at radius 1 is 0.935 bits per heavy atom. The predicted octanol–water partition coefficient (Wildman–Crippen LogP) is 3.26. The van der Waals surface area contributed by atoms with E-state index in [0.717, 1.165) is 0 Å². The van der Waals surface area contributed by atoms with E-state index in [2.05, 4.69) is 10.4 Å². The molecule has 0 spiro atoms. The molecule has 0 saturated heterocycles. The largest absolute Gasteiger partial charge is 0.482 e. The highest BCUT2D eigenvalue weighted by Gasteiger charge is 2.13. The Morgan fingerprint density at radius 3 is 2.29 bits per heavy atom. The fourth-order valence-electron chi connectivity index (χ4n) is 2.79. The number of nitrogens with one attached hydrogen (secondary N) is 1. The molecule has 0 aliphatic heterocycles. The van der Waals surface area contributed by atoms with Gasteiger partial charge in [-0.15, -0.1) is 0 Å². The number of benzene rings is 2. The van der Waals surface area contributed by atoms with E-state index in [1.807, 2.05) is 19.9 Å². The van der Waals surface area contributed by atoms with E-state index in [1.165, 1.54) is 0 Å². The van der Waals surface area contributed by atoms with Crippen molar-refractivity contribution < 1.29 is 23.9 Å². The van der Waals surface area contributed by atoms with Crippen LogP contribution in [-0.2, 0) is 14.3 Å². The lowest BCUT2D eigenvalue weighted by atomic mass is 10.0. The van der Waals surface area contributed by atoms with E-state index in [9.17, 15) is 14.4 Å². The number of nitrogens with zero attached hydrogens (tertiary/aromatic N) is 2. The van der Waals surface area contributed by atoms with Crippen LogP contribution in [0.15, 0.2) is 66.9 Å². The summed E-state index contributed by atoms with van der Waals surface area (Å²) in [6, 6.07) is 17.1. The molecule has 1 amide bonds. The normalized spacial score (nSPS) is 10.5. The van der Waals surface area contributed by atoms with Gasteiger partial charge in [-0.25, -0.2) is 9.48 Å². The summed E-state index contributed by atoms with van der Waals surface area (Å²) in [5, 5.41) is 6.76. The lowest BCUT2D eigenvalue weighted by molar-refractivity contribution is -0.149. The zero-order valence-electron chi connectivity index (χ0n) is 17.3. The minimum atomic E-state index is -0.683. The van der Waals surface area contributed by atoms with Crippen LogP contribution in [0.4, 0.5) is 5.82 Å². The summed E-state index contributed by atoms with van der Waals surface area (Å²) in [5.41, 5.74) is 1.10. The number of anilines is 1. The molecular weight excluding hydrogens is 398 g/mol. The van der Waals surface area contributed by atoms with Crippen molar-refractivity contribution in [2.75, 3.05) is 18.5 Å². The lowest BCUT2D eigenvalue weighted by Gasteiger charge is -2.12. The molecule has 0 bridgehead atoms. The van der Waals surface area contributed by atoms with Crippen LogP contribution in [0.2, 0.25) is 0 Å². The fourth-order valence-corrected chi connectivity index (χ4v) is 2.79. The van der Waals surface area contributed by atoms with Gasteiger partial charge in [-0.1, -0.05) is 30.3 Å². The van der Waals surface area contributed by atoms with E-state index in [4.69, 9.17) is 9.47 Å². The van der Waals surface area contributed by atoms with Crippen LogP contribution in [0.5, 0.6) is 5.75 Å². The number of carbonyl (C=O) groups excluding carboxylic acids is 3. The molecule has 0 aliphatic rings. The Labute approximate surface area is 179 Å². The summed E-state index contributed by atoms with van der Waals surface area (Å²) in [4.78, 5) is 36.2. The highest BCUT2D eigenvalue weighted by molar-refractivity contribution is 6.09. The molecule has 160 valence electrons. The van der Waals surface area contributed by atoms with E-state index in [-0.39, 0.29) is 18.4 Å². The van der Waals surface area contributed by atoms with Crippen LogP contribution < -0.4 is 10.1 Å². The maximum Gasteiger partial charge on any atom is 0.344 e. The second-order valence-electron chi connectivity index (χ2n) is 6.97. The molecule has 8 heteroatoms. The predicted molar refractivity (Wildman–Crippen MR) is 114 cm³/mol. The first-order chi connectivity index (χ1) is 14.9. The zero-order valence-corrected chi connectivity index (χ0v) is 17.3. The van der Waals surface area contributed by atoms with Crippen molar-refractivity contribution in [1.82, 2.24) is 9.78 Å². The quantitative estimate of drug-likeness (QED) is 0.421. The van der Waals surface area contributed by atoms with Crippen LogP contribution in [0.3, 0.4) is 0 Å². The molecule has 1 N–H and O–H groups in total. The minimum absolute atomic E-state index is 0.0793. The van der Waals surface area contributed by atoms with Crippen molar-refractivity contribution in [3.8, 4) is 5.75 Å². The summed E-state index contributed by atoms with van der Waals surface area (Å²) in [6.07, 6.45) is 1.58. The number of hydrogen-bond donors (Lipinski definition) is 1. The average Bonchev–Trinajstić information content (AvgIpc) is 3.25. The third-order valence-corrected chi connectivity index (χ3v) is 4.30. The summed E-state index contributed by atoms with van der Waals surface area (Å²) in [7, 11) is 0. The zero-order chi connectivity index (χ0) is 22.2. The maximum atomic E-state index is 12.4. The molecule has 8 nitrogen and oxygen atoms in total. The molecule has 3 rings (SSSR count). The van der Waals surface area contributed by atoms with Gasteiger partial charge >= 0.3 is 5.97 Å². The molecule has 0 saturated carbocycles. The van der Waals surface area contributed by atoms with Crippen LogP contribution >= 0.6 is 0 Å². The number of rotatable bonds is 9. The molecule has 0 radical (unpaired) electrons. The van der Waals surface area contributed by atoms with Gasteiger partial charge in [-0.2, -0.15) is 5.10 Å². The van der Waals surface area contributed by atoms with Gasteiger partial charge in [0.2, 0.25) is 0 Å². The molecule has 0 unspecified atom stereocenters. The van der Waals surface area contributed by atoms with Gasteiger partial charge in [0.25, 0.3) is 5.91 Å². The van der Waals surface area contributed by atoms with Crippen molar-refractivity contribution in [2.24, 2.45) is 0 Å². The first-order valence-corrected chi connectivity index (χ1v) is 9.75. The summed E-state index contributed by atoms with van der Waals surface area (Å²) < 4.78 is 11.9. The molecule has 1 heterocycles. The molecule has 3 aromatic rings. The summed E-state index contributed by atoms with van der Waals surface area (Å²) in [5.74, 6) is -0.322. The number of amides is 1. The average molecular weight is 421 g/mol. The third kappa shape index (κ3) is 6.02. The number of ether oxygens (including phenoxy) is 2. The Balaban J connectivity index is 1.43. The second-order valence-corrected chi connectivity index (χ2v) is 6.97. The van der Waals surface area contributed by atoms with Gasteiger partial charge in [-0.3, -0.25) is 9.59 Å². The third-order valence-electron chi connectivity index (χ3n) is 4.30. The number of carbonyl (C=O) groups is 3. The van der Waals surface area contributed by atoms with E-state index in [1.54, 1.807) is 65.5 Å². The first-order valence-electron chi connectivity index (χ1n) is 9.75. The number of esters is 1. The maximum absolute atomic E-state index is 12.4. The summed E-state index contributed by atoms with van der Waals surface area (Å²) in [6.45, 7) is 3.08. The molecule has 0 atom stereocenters. The SMILES string of the molecule is CC(C)n1nccc1NC(=O)COC(=O)COc1ccc(C(=O)c2ccccc2)cc1. The highest BCUT2D eigenvalue weighted by Crippen LogP contribution is 2.16. The molecule has 31 heavy (non-hydrogen) atoms. The minimum Gasteiger partial charge on any atom is -0.482 e. The number of hydrogen-bond acceptors (Lipinski definition) is 6. The van der Waals surface area contributed by atoms with Gasteiger partial charge in [0.1, 0.15) is 11.6 Å². The lowest BCUT2D eigenvalue weighted by Crippen LogP contribution is -2.25. The molecule has 0 aliphatic carbocycles. The van der Waals surface area contributed by atoms with Gasteiger partial charge in [0.05, 0.1) is 6.20 Å². The number of aromatic nitrogens is 2. The van der Waals surface area contributed by atoms with Crippen molar-refractivity contribution in [2.45, 2.75) is 19.9 Å². The van der Waals surface area contributed by atoms with Crippen LogP contribution in [0.1, 0.15) is 35.8 Å². The molecule has 1 aromatic heterocycles. The second kappa shape index (κ2) is 10.2. The van der Waals surface area contributed by atoms with Gasteiger partial charge < -0.3 is 14.8 Å². The van der Waals surface area contributed by atoms with Gasteiger partial charge in [0.15, 0.2) is 19.0 Å². The van der Waals surface area contributed by atoms with Crippen molar-refractivity contribution >= 4 is 23.5 Å². The Kier molecular flexibility index (Phi) is 7.16. The highest BCUT2D eigenvalue weighted by atomic mass is 16.6. The van der Waals surface area contributed by atoms with Gasteiger partial charge in [-0.05, 0) is 38.1 Å². The van der Waals surface area contributed by atoms with E-state index < -0.39 is 18.5 Å². The smallest absolute Gasteiger partial charge is 0.344 e. The standard InChI is InChI=1S/C23H23N3O5/c1-16(2)26-20(12-13-24-26)25-21(27)14-31-22(28)15-30-19-10-8-18(9-11-19)23(29)17-6-4-3-5-7-17/h3-13,16H,14-15H2,1-2H3,(H,25,27). The fraction of sp³-hybridized carbons (Fsp3) is 0.217. The van der Waals surface area contributed by atoms with Crippen molar-refractivity contribution in [3.63, 3.8) is 0 Å². The number of ketones is 1. The van der Waals surface area contributed by atoms with E-state index >= 15 is 0 Å². The molecule has 0 fully saturated rings. The first kappa shape index (κ1) is 21.8. The van der Waals surface area contributed by atoms with E-state index in [0.29, 0.717) is 22.7 Å². The molecule has 2 aromatic carbocycles. The van der Waals surface area contributed by atoms with Crippen molar-refractivity contribution in [1.29, 1.82) is 0 Å². The topological polar surface area (TPSA) is 99.5 Å². The van der Waals surface area contributed by atoms with Crippen LogP contribution in [0.25, 0.3) is 0 Å². The van der Waals surface area contributed by atoms with Crippen LogP contribution in [-0.4, -0.2) is 40.7 Å². The van der Waals surface area contributed by atoms with Gasteiger partial charge in [0, 0.05) is 23.2 Å². The Morgan fingerprint density at radius 2 is 1.61 bits per heavy atom. The van der Waals surface area contributed by atoms with Crippen LogP contribution in [0, 0.1) is 0 Å². The summed E-state index contributed by atoms with van der Waals surface area (Å²) >= 11 is 0. The molecular formula is C23H23N3O5. The monoisotopic (exact) mass is 421 g/mol. The van der Waals surface area contributed by atoms with Crippen molar-refractivity contribution in [3.05, 3.63) is 78.0 Å².